The summed E-state index contributed by atoms with van der Waals surface area (Å²) in [6.45, 7) is 3.43. The molecule has 0 unspecified atom stereocenters. The van der Waals surface area contributed by atoms with Crippen LogP contribution in [0.3, 0.4) is 0 Å². The first-order chi connectivity index (χ1) is 11.5. The topological polar surface area (TPSA) is 87.3 Å². The molecule has 0 saturated carbocycles. The van der Waals surface area contributed by atoms with Gasteiger partial charge in [0.15, 0.2) is 0 Å². The summed E-state index contributed by atoms with van der Waals surface area (Å²) in [6, 6.07) is 14.4. The molecule has 0 fully saturated rings. The van der Waals surface area contributed by atoms with Crippen LogP contribution in [0.15, 0.2) is 48.5 Å². The van der Waals surface area contributed by atoms with Crippen molar-refractivity contribution >= 4 is 29.1 Å². The zero-order chi connectivity index (χ0) is 17.5. The van der Waals surface area contributed by atoms with Crippen LogP contribution in [0, 0.1) is 6.92 Å². The molecule has 3 amide bonds. The lowest BCUT2D eigenvalue weighted by Gasteiger charge is -2.12. The molecule has 0 aliphatic heterocycles. The largest absolute Gasteiger partial charge is 0.344 e. The van der Waals surface area contributed by atoms with Crippen LogP contribution in [0.4, 0.5) is 11.4 Å². The predicted molar refractivity (Wildman–Crippen MR) is 92.4 cm³/mol. The van der Waals surface area contributed by atoms with Crippen LogP contribution in [-0.4, -0.2) is 17.7 Å². The maximum Gasteiger partial charge on any atom is 0.313 e. The van der Waals surface area contributed by atoms with E-state index in [0.29, 0.717) is 16.9 Å². The van der Waals surface area contributed by atoms with Crippen molar-refractivity contribution < 1.29 is 14.4 Å². The molecular weight excluding hydrogens is 306 g/mol. The zero-order valence-corrected chi connectivity index (χ0v) is 13.6. The Balaban J connectivity index is 1.98. The molecule has 0 spiro atoms. The summed E-state index contributed by atoms with van der Waals surface area (Å²) in [7, 11) is 0. The van der Waals surface area contributed by atoms with Crippen LogP contribution >= 0.6 is 0 Å². The van der Waals surface area contributed by atoms with Gasteiger partial charge in [0.25, 0.3) is 0 Å². The van der Waals surface area contributed by atoms with Crippen LogP contribution < -0.4 is 16.0 Å². The first kappa shape index (κ1) is 17.2. The van der Waals surface area contributed by atoms with Crippen molar-refractivity contribution in [2.75, 3.05) is 10.6 Å². The summed E-state index contributed by atoms with van der Waals surface area (Å²) in [5.74, 6) is -1.68. The van der Waals surface area contributed by atoms with Crippen molar-refractivity contribution in [3.05, 3.63) is 59.7 Å². The lowest BCUT2D eigenvalue weighted by molar-refractivity contribution is -0.136. The molecule has 2 aromatic rings. The second-order valence-electron chi connectivity index (χ2n) is 5.28. The molecule has 124 valence electrons. The molecule has 2 aromatic carbocycles. The average molecular weight is 325 g/mol. The van der Waals surface area contributed by atoms with Gasteiger partial charge in [-0.3, -0.25) is 14.4 Å². The number of anilines is 2. The molecule has 0 aliphatic carbocycles. The molecule has 0 saturated heterocycles. The first-order valence-electron chi connectivity index (χ1n) is 7.47. The van der Waals surface area contributed by atoms with Crippen molar-refractivity contribution in [2.45, 2.75) is 20.4 Å². The highest BCUT2D eigenvalue weighted by molar-refractivity contribution is 6.39. The van der Waals surface area contributed by atoms with Gasteiger partial charge in [-0.15, -0.1) is 0 Å². The molecule has 0 radical (unpaired) electrons. The molecule has 3 N–H and O–H groups in total. The SMILES string of the molecule is CC(=O)Nc1cccc(NC(=O)C(=O)NCc2ccccc2)c1C. The van der Waals surface area contributed by atoms with E-state index < -0.39 is 11.8 Å². The number of rotatable bonds is 4. The minimum Gasteiger partial charge on any atom is -0.344 e. The number of hydrogen-bond acceptors (Lipinski definition) is 3. The number of hydrogen-bond donors (Lipinski definition) is 3. The van der Waals surface area contributed by atoms with Crippen molar-refractivity contribution in [3.63, 3.8) is 0 Å². The third-order valence-corrected chi connectivity index (χ3v) is 3.39. The number of benzene rings is 2. The van der Waals surface area contributed by atoms with Gasteiger partial charge < -0.3 is 16.0 Å². The Kier molecular flexibility index (Phi) is 5.68. The van der Waals surface area contributed by atoms with E-state index in [1.165, 1.54) is 6.92 Å². The Morgan fingerprint density at radius 2 is 1.46 bits per heavy atom. The van der Waals surface area contributed by atoms with Crippen LogP contribution in [0.5, 0.6) is 0 Å². The zero-order valence-electron chi connectivity index (χ0n) is 13.6. The Morgan fingerprint density at radius 3 is 2.08 bits per heavy atom. The van der Waals surface area contributed by atoms with E-state index in [4.69, 9.17) is 0 Å². The van der Waals surface area contributed by atoms with Gasteiger partial charge in [-0.1, -0.05) is 36.4 Å². The van der Waals surface area contributed by atoms with Crippen LogP contribution in [0.2, 0.25) is 0 Å². The van der Waals surface area contributed by atoms with E-state index in [0.717, 1.165) is 5.56 Å². The van der Waals surface area contributed by atoms with E-state index in [2.05, 4.69) is 16.0 Å². The van der Waals surface area contributed by atoms with Crippen molar-refractivity contribution in [1.29, 1.82) is 0 Å². The maximum absolute atomic E-state index is 12.0. The second kappa shape index (κ2) is 7.92. The fourth-order valence-electron chi connectivity index (χ4n) is 2.13. The van der Waals surface area contributed by atoms with Gasteiger partial charge in [-0.05, 0) is 30.2 Å². The predicted octanol–water partition coefficient (Wildman–Crippen LogP) is 2.21. The molecular formula is C18H19N3O3. The van der Waals surface area contributed by atoms with Gasteiger partial charge in [0, 0.05) is 24.8 Å². The van der Waals surface area contributed by atoms with E-state index in [-0.39, 0.29) is 12.5 Å². The highest BCUT2D eigenvalue weighted by Crippen LogP contribution is 2.23. The molecule has 0 heterocycles. The third-order valence-electron chi connectivity index (χ3n) is 3.39. The fraction of sp³-hybridized carbons (Fsp3) is 0.167. The molecule has 6 nitrogen and oxygen atoms in total. The summed E-state index contributed by atoms with van der Waals surface area (Å²) < 4.78 is 0. The molecule has 24 heavy (non-hydrogen) atoms. The van der Waals surface area contributed by atoms with Crippen LogP contribution in [0.25, 0.3) is 0 Å². The summed E-state index contributed by atoms with van der Waals surface area (Å²) in [5, 5.41) is 7.79. The minimum absolute atomic E-state index is 0.206. The Bertz CT molecular complexity index is 757. The molecule has 2 rings (SSSR count). The highest BCUT2D eigenvalue weighted by atomic mass is 16.2. The second-order valence-corrected chi connectivity index (χ2v) is 5.28. The number of amides is 3. The quantitative estimate of drug-likeness (QED) is 0.753. The maximum atomic E-state index is 12.0. The van der Waals surface area contributed by atoms with Gasteiger partial charge >= 0.3 is 11.8 Å². The minimum atomic E-state index is -0.756. The summed E-state index contributed by atoms with van der Waals surface area (Å²) in [6.07, 6.45) is 0. The van der Waals surface area contributed by atoms with E-state index in [9.17, 15) is 14.4 Å². The third kappa shape index (κ3) is 4.67. The standard InChI is InChI=1S/C18H19N3O3/c1-12-15(20-13(2)22)9-6-10-16(12)21-18(24)17(23)19-11-14-7-4-3-5-8-14/h3-10H,11H2,1-2H3,(H,19,23)(H,20,22)(H,21,24). The van der Waals surface area contributed by atoms with Gasteiger partial charge in [-0.25, -0.2) is 0 Å². The lowest BCUT2D eigenvalue weighted by Crippen LogP contribution is -2.35. The lowest BCUT2D eigenvalue weighted by atomic mass is 10.1. The highest BCUT2D eigenvalue weighted by Gasteiger charge is 2.15. The van der Waals surface area contributed by atoms with Gasteiger partial charge in [0.1, 0.15) is 0 Å². The summed E-state index contributed by atoms with van der Waals surface area (Å²) in [5.41, 5.74) is 2.64. The number of carbonyl (C=O) groups excluding carboxylic acids is 3. The summed E-state index contributed by atoms with van der Waals surface area (Å²) in [4.78, 5) is 35.1. The van der Waals surface area contributed by atoms with Gasteiger partial charge in [0.05, 0.1) is 0 Å². The Morgan fingerprint density at radius 1 is 0.833 bits per heavy atom. The van der Waals surface area contributed by atoms with Crippen LogP contribution in [0.1, 0.15) is 18.1 Å². The number of carbonyl (C=O) groups is 3. The smallest absolute Gasteiger partial charge is 0.313 e. The number of nitrogens with one attached hydrogen (secondary N) is 3. The molecule has 0 aromatic heterocycles. The van der Waals surface area contributed by atoms with Crippen molar-refractivity contribution in [3.8, 4) is 0 Å². The fourth-order valence-corrected chi connectivity index (χ4v) is 2.13. The first-order valence-corrected chi connectivity index (χ1v) is 7.47. The molecule has 0 aliphatic rings. The molecule has 0 bridgehead atoms. The summed E-state index contributed by atoms with van der Waals surface area (Å²) >= 11 is 0. The van der Waals surface area contributed by atoms with E-state index in [1.54, 1.807) is 25.1 Å². The molecule has 0 atom stereocenters. The monoisotopic (exact) mass is 325 g/mol. The van der Waals surface area contributed by atoms with Gasteiger partial charge in [0.2, 0.25) is 5.91 Å². The Hall–Kier alpha value is -3.15. The van der Waals surface area contributed by atoms with Crippen molar-refractivity contribution in [2.24, 2.45) is 0 Å². The van der Waals surface area contributed by atoms with E-state index in [1.807, 2.05) is 30.3 Å². The van der Waals surface area contributed by atoms with E-state index >= 15 is 0 Å². The Labute approximate surface area is 140 Å². The molecule has 6 heteroatoms. The van der Waals surface area contributed by atoms with Gasteiger partial charge in [-0.2, -0.15) is 0 Å². The normalized spacial score (nSPS) is 9.92. The average Bonchev–Trinajstić information content (AvgIpc) is 2.56. The van der Waals surface area contributed by atoms with Crippen molar-refractivity contribution in [1.82, 2.24) is 5.32 Å². The van der Waals surface area contributed by atoms with Crippen LogP contribution in [-0.2, 0) is 20.9 Å².